The Labute approximate surface area is 199 Å². The number of urea groups is 1. The van der Waals surface area contributed by atoms with Crippen LogP contribution in [0.4, 0.5) is 4.79 Å². The average molecular weight is 468 g/mol. The van der Waals surface area contributed by atoms with Crippen LogP contribution in [-0.2, 0) is 11.3 Å². The van der Waals surface area contributed by atoms with Crippen LogP contribution in [0.5, 0.6) is 0 Å². The van der Waals surface area contributed by atoms with Gasteiger partial charge in [-0.3, -0.25) is 4.90 Å². The van der Waals surface area contributed by atoms with Gasteiger partial charge in [-0.2, -0.15) is 0 Å². The predicted octanol–water partition coefficient (Wildman–Crippen LogP) is 4.00. The zero-order chi connectivity index (χ0) is 23.1. The van der Waals surface area contributed by atoms with Crippen molar-refractivity contribution >= 4 is 23.3 Å². The Morgan fingerprint density at radius 3 is 2.52 bits per heavy atom. The number of rotatable bonds is 4. The number of morpholine rings is 1. The van der Waals surface area contributed by atoms with Gasteiger partial charge in [-0.05, 0) is 38.1 Å². The summed E-state index contributed by atoms with van der Waals surface area (Å²) in [5.74, 6) is 0. The SMILES string of the molecule is CC(C)N(C)C(=O)N1C2COCC1CN(Cc1c(-c3ccc(Cl)cc3)nc3ccccn13)C2. The molecule has 5 rings (SSSR count). The molecule has 2 atom stereocenters. The van der Waals surface area contributed by atoms with Crippen molar-refractivity contribution in [1.82, 2.24) is 24.1 Å². The van der Waals surface area contributed by atoms with Crippen molar-refractivity contribution in [3.8, 4) is 11.3 Å². The summed E-state index contributed by atoms with van der Waals surface area (Å²) >= 11 is 6.13. The van der Waals surface area contributed by atoms with E-state index in [-0.39, 0.29) is 24.2 Å². The van der Waals surface area contributed by atoms with E-state index in [0.717, 1.165) is 42.2 Å². The Hall–Kier alpha value is -2.61. The average Bonchev–Trinajstić information content (AvgIpc) is 3.16. The van der Waals surface area contributed by atoms with E-state index in [4.69, 9.17) is 21.3 Å². The highest BCUT2D eigenvalue weighted by Crippen LogP contribution is 2.29. The van der Waals surface area contributed by atoms with Crippen molar-refractivity contribution in [2.24, 2.45) is 0 Å². The molecule has 2 aromatic heterocycles. The molecule has 0 aliphatic carbocycles. The van der Waals surface area contributed by atoms with E-state index < -0.39 is 0 Å². The van der Waals surface area contributed by atoms with E-state index in [0.29, 0.717) is 18.2 Å². The molecule has 33 heavy (non-hydrogen) atoms. The van der Waals surface area contributed by atoms with Crippen LogP contribution in [0.2, 0.25) is 5.02 Å². The first-order valence-electron chi connectivity index (χ1n) is 11.5. The number of imidazole rings is 1. The number of carbonyl (C=O) groups is 1. The molecular formula is C25H30ClN5O2. The van der Waals surface area contributed by atoms with Gasteiger partial charge in [0, 0.05) is 49.5 Å². The Bertz CT molecular complexity index is 1130. The van der Waals surface area contributed by atoms with E-state index in [1.807, 2.05) is 68.3 Å². The summed E-state index contributed by atoms with van der Waals surface area (Å²) in [6, 6.07) is 14.3. The van der Waals surface area contributed by atoms with Gasteiger partial charge in [0.25, 0.3) is 0 Å². The highest BCUT2D eigenvalue weighted by Gasteiger charge is 2.42. The normalized spacial score (nSPS) is 21.1. The van der Waals surface area contributed by atoms with E-state index in [9.17, 15) is 4.79 Å². The summed E-state index contributed by atoms with van der Waals surface area (Å²) in [5.41, 5.74) is 4.09. The highest BCUT2D eigenvalue weighted by atomic mass is 35.5. The lowest BCUT2D eigenvalue weighted by atomic mass is 10.0. The molecule has 174 valence electrons. The minimum absolute atomic E-state index is 0.0457. The van der Waals surface area contributed by atoms with Crippen LogP contribution in [0, 0.1) is 0 Å². The molecule has 0 radical (unpaired) electrons. The van der Waals surface area contributed by atoms with Gasteiger partial charge in [0.2, 0.25) is 0 Å². The summed E-state index contributed by atoms with van der Waals surface area (Å²) in [4.78, 5) is 24.4. The van der Waals surface area contributed by atoms with Gasteiger partial charge in [-0.1, -0.05) is 29.8 Å². The number of pyridine rings is 1. The second kappa shape index (κ2) is 8.97. The lowest BCUT2D eigenvalue weighted by Crippen LogP contribution is -2.67. The third-order valence-electron chi connectivity index (χ3n) is 6.76. The van der Waals surface area contributed by atoms with Gasteiger partial charge in [0.1, 0.15) is 5.65 Å². The molecule has 2 fully saturated rings. The fraction of sp³-hybridized carbons (Fsp3) is 0.440. The summed E-state index contributed by atoms with van der Waals surface area (Å²) in [6.45, 7) is 7.53. The van der Waals surface area contributed by atoms with E-state index >= 15 is 0 Å². The molecule has 0 spiro atoms. The molecule has 0 saturated carbocycles. The third kappa shape index (κ3) is 4.21. The predicted molar refractivity (Wildman–Crippen MR) is 129 cm³/mol. The molecule has 2 amide bonds. The minimum Gasteiger partial charge on any atom is -0.377 e. The van der Waals surface area contributed by atoms with Crippen LogP contribution in [-0.4, -0.2) is 81.6 Å². The number of hydrogen-bond donors (Lipinski definition) is 0. The van der Waals surface area contributed by atoms with Crippen molar-refractivity contribution in [2.75, 3.05) is 33.4 Å². The molecule has 8 heteroatoms. The van der Waals surface area contributed by atoms with Gasteiger partial charge >= 0.3 is 6.03 Å². The maximum atomic E-state index is 13.2. The number of halogens is 1. The van der Waals surface area contributed by atoms with Crippen LogP contribution < -0.4 is 0 Å². The topological polar surface area (TPSA) is 53.3 Å². The Morgan fingerprint density at radius 1 is 1.15 bits per heavy atom. The molecule has 2 bridgehead atoms. The molecule has 2 aliphatic heterocycles. The second-order valence-corrected chi connectivity index (χ2v) is 9.71. The minimum atomic E-state index is 0.0457. The summed E-state index contributed by atoms with van der Waals surface area (Å²) in [7, 11) is 1.88. The fourth-order valence-electron chi connectivity index (χ4n) is 4.84. The number of nitrogens with zero attached hydrogens (tertiary/aromatic N) is 5. The number of carbonyl (C=O) groups excluding carboxylic acids is 1. The van der Waals surface area contributed by atoms with E-state index in [1.165, 1.54) is 0 Å². The molecular weight excluding hydrogens is 438 g/mol. The number of benzene rings is 1. The summed E-state index contributed by atoms with van der Waals surface area (Å²) in [6.07, 6.45) is 2.07. The van der Waals surface area contributed by atoms with Crippen molar-refractivity contribution in [2.45, 2.75) is 38.5 Å². The smallest absolute Gasteiger partial charge is 0.320 e. The van der Waals surface area contributed by atoms with E-state index in [2.05, 4.69) is 20.4 Å². The standard InChI is InChI=1S/C25H30ClN5O2/c1-17(2)28(3)25(32)31-20-12-29(13-21(31)16-33-15-20)14-22-24(18-7-9-19(26)10-8-18)27-23-6-4-5-11-30(22)23/h4-11,17,20-21H,12-16H2,1-3H3. The lowest BCUT2D eigenvalue weighted by molar-refractivity contribution is -0.0820. The first-order valence-corrected chi connectivity index (χ1v) is 11.9. The molecule has 4 heterocycles. The summed E-state index contributed by atoms with van der Waals surface area (Å²) in [5, 5.41) is 0.712. The zero-order valence-corrected chi connectivity index (χ0v) is 20.1. The van der Waals surface area contributed by atoms with Crippen LogP contribution in [0.3, 0.4) is 0 Å². The second-order valence-electron chi connectivity index (χ2n) is 9.28. The van der Waals surface area contributed by atoms with Crippen molar-refractivity contribution in [3.63, 3.8) is 0 Å². The first-order chi connectivity index (χ1) is 15.9. The largest absolute Gasteiger partial charge is 0.377 e. The first kappa shape index (κ1) is 22.2. The Morgan fingerprint density at radius 2 is 1.85 bits per heavy atom. The summed E-state index contributed by atoms with van der Waals surface area (Å²) < 4.78 is 8.01. The third-order valence-corrected chi connectivity index (χ3v) is 7.01. The lowest BCUT2D eigenvalue weighted by Gasteiger charge is -2.50. The zero-order valence-electron chi connectivity index (χ0n) is 19.3. The molecule has 0 N–H and O–H groups in total. The molecule has 2 unspecified atom stereocenters. The van der Waals surface area contributed by atoms with Crippen molar-refractivity contribution in [1.29, 1.82) is 0 Å². The number of fused-ring (bicyclic) bond motifs is 3. The molecule has 7 nitrogen and oxygen atoms in total. The van der Waals surface area contributed by atoms with Crippen molar-refractivity contribution in [3.05, 3.63) is 59.4 Å². The Kier molecular flexibility index (Phi) is 6.03. The van der Waals surface area contributed by atoms with Gasteiger partial charge in [-0.25, -0.2) is 9.78 Å². The van der Waals surface area contributed by atoms with Crippen LogP contribution in [0.15, 0.2) is 48.7 Å². The monoisotopic (exact) mass is 467 g/mol. The van der Waals surface area contributed by atoms with Crippen LogP contribution in [0.1, 0.15) is 19.5 Å². The Balaban J connectivity index is 1.44. The van der Waals surface area contributed by atoms with Gasteiger partial charge in [-0.15, -0.1) is 0 Å². The molecule has 2 aliphatic rings. The van der Waals surface area contributed by atoms with Crippen LogP contribution >= 0.6 is 11.6 Å². The number of hydrogen-bond acceptors (Lipinski definition) is 4. The number of amides is 2. The van der Waals surface area contributed by atoms with Gasteiger partial charge in [0.05, 0.1) is 36.7 Å². The highest BCUT2D eigenvalue weighted by molar-refractivity contribution is 6.30. The van der Waals surface area contributed by atoms with Crippen molar-refractivity contribution < 1.29 is 9.53 Å². The number of aromatic nitrogens is 2. The molecule has 2 saturated heterocycles. The quantitative estimate of drug-likeness (QED) is 0.582. The van der Waals surface area contributed by atoms with Crippen LogP contribution in [0.25, 0.3) is 16.9 Å². The number of piperazine rings is 1. The van der Waals surface area contributed by atoms with E-state index in [1.54, 1.807) is 0 Å². The van der Waals surface area contributed by atoms with Gasteiger partial charge in [0.15, 0.2) is 0 Å². The maximum Gasteiger partial charge on any atom is 0.320 e. The fourth-order valence-corrected chi connectivity index (χ4v) is 4.97. The number of ether oxygens (including phenoxy) is 1. The van der Waals surface area contributed by atoms with Gasteiger partial charge < -0.3 is 18.9 Å². The molecule has 1 aromatic carbocycles. The molecule has 3 aromatic rings. The maximum absolute atomic E-state index is 13.2.